The van der Waals surface area contributed by atoms with Crippen LogP contribution in [0.4, 0.5) is 0 Å². The highest BCUT2D eigenvalue weighted by Crippen LogP contribution is 2.01. The Labute approximate surface area is 89.8 Å². The molecule has 1 atom stereocenters. The number of hydrogen-bond donors (Lipinski definition) is 2. The third-order valence-electron chi connectivity index (χ3n) is 1.95. The van der Waals surface area contributed by atoms with Gasteiger partial charge < -0.3 is 0 Å². The average molecular weight is 225 g/mol. The molecule has 80 valence electrons. The molecule has 6 nitrogen and oxygen atoms in total. The van der Waals surface area contributed by atoms with Gasteiger partial charge in [-0.25, -0.2) is 13.2 Å². The average Bonchev–Trinajstić information content (AvgIpc) is 2.74. The van der Waals surface area contributed by atoms with Gasteiger partial charge in [0.15, 0.2) is 0 Å². The molecule has 0 fully saturated rings. The minimum Gasteiger partial charge on any atom is -0.287 e. The number of nitrogens with zero attached hydrogens (tertiary/aromatic N) is 3. The molecule has 1 aromatic rings. The first-order valence-corrected chi connectivity index (χ1v) is 5.54. The first-order chi connectivity index (χ1) is 7.27. The van der Waals surface area contributed by atoms with Gasteiger partial charge in [0.2, 0.25) is 11.2 Å². The molecule has 1 aromatic heterocycles. The van der Waals surface area contributed by atoms with Gasteiger partial charge in [0.05, 0.1) is 6.54 Å². The number of aromatic nitrogens is 2. The molecule has 0 bridgehead atoms. The van der Waals surface area contributed by atoms with Gasteiger partial charge in [-0.3, -0.25) is 10.4 Å². The molecule has 0 aliphatic carbocycles. The van der Waals surface area contributed by atoms with Crippen molar-refractivity contribution < 1.29 is 4.21 Å². The Kier molecular flexibility index (Phi) is 2.93. The first kappa shape index (κ1) is 10.1. The summed E-state index contributed by atoms with van der Waals surface area (Å²) in [6.45, 7) is 0.555. The van der Waals surface area contributed by atoms with Crippen molar-refractivity contribution in [1.29, 1.82) is 5.41 Å². The molecule has 2 N–H and O–H groups in total. The SMILES string of the molecule is N=C1CC=CCN1NS(=O)n1ccnc1. The first-order valence-electron chi connectivity index (χ1n) is 4.44. The molecular weight excluding hydrogens is 214 g/mol. The van der Waals surface area contributed by atoms with Gasteiger partial charge in [0.25, 0.3) is 0 Å². The summed E-state index contributed by atoms with van der Waals surface area (Å²) in [6, 6.07) is 0. The van der Waals surface area contributed by atoms with Gasteiger partial charge in [0.1, 0.15) is 12.2 Å². The van der Waals surface area contributed by atoms with E-state index in [1.807, 2.05) is 12.2 Å². The molecule has 2 heterocycles. The van der Waals surface area contributed by atoms with Gasteiger partial charge in [-0.05, 0) is 0 Å². The number of rotatable bonds is 3. The summed E-state index contributed by atoms with van der Waals surface area (Å²) in [6.07, 6.45) is 9.03. The van der Waals surface area contributed by atoms with Crippen LogP contribution in [0.25, 0.3) is 0 Å². The minimum absolute atomic E-state index is 0.408. The third kappa shape index (κ3) is 2.31. The zero-order valence-electron chi connectivity index (χ0n) is 7.96. The van der Waals surface area contributed by atoms with Gasteiger partial charge in [-0.1, -0.05) is 12.2 Å². The maximum atomic E-state index is 11.7. The lowest BCUT2D eigenvalue weighted by Crippen LogP contribution is -2.45. The largest absolute Gasteiger partial charge is 0.287 e. The fourth-order valence-corrected chi connectivity index (χ4v) is 1.95. The highest BCUT2D eigenvalue weighted by atomic mass is 32.2. The zero-order chi connectivity index (χ0) is 10.7. The summed E-state index contributed by atoms with van der Waals surface area (Å²) in [5.41, 5.74) is 0. The van der Waals surface area contributed by atoms with Crippen LogP contribution in [0.5, 0.6) is 0 Å². The molecule has 7 heteroatoms. The van der Waals surface area contributed by atoms with Gasteiger partial charge in [-0.15, -0.1) is 4.83 Å². The lowest BCUT2D eigenvalue weighted by molar-refractivity contribution is 0.411. The van der Waals surface area contributed by atoms with Crippen LogP contribution >= 0.6 is 0 Å². The van der Waals surface area contributed by atoms with Crippen molar-refractivity contribution >= 4 is 17.0 Å². The summed E-state index contributed by atoms with van der Waals surface area (Å²) < 4.78 is 13.1. The molecule has 1 aliphatic heterocycles. The molecule has 0 saturated carbocycles. The van der Waals surface area contributed by atoms with E-state index in [0.29, 0.717) is 18.8 Å². The van der Waals surface area contributed by atoms with E-state index < -0.39 is 11.2 Å². The van der Waals surface area contributed by atoms with Crippen LogP contribution in [0.15, 0.2) is 30.9 Å². The molecule has 0 radical (unpaired) electrons. The Morgan fingerprint density at radius 2 is 2.40 bits per heavy atom. The molecule has 2 rings (SSSR count). The van der Waals surface area contributed by atoms with Crippen molar-refractivity contribution in [3.63, 3.8) is 0 Å². The van der Waals surface area contributed by atoms with Gasteiger partial charge in [-0.2, -0.15) is 0 Å². The fourth-order valence-electron chi connectivity index (χ4n) is 1.17. The quantitative estimate of drug-likeness (QED) is 0.714. The Hall–Kier alpha value is -1.47. The van der Waals surface area contributed by atoms with Crippen LogP contribution in [0, 0.1) is 5.41 Å². The van der Waals surface area contributed by atoms with E-state index in [2.05, 4.69) is 9.82 Å². The second-order valence-corrected chi connectivity index (χ2v) is 4.10. The lowest BCUT2D eigenvalue weighted by Gasteiger charge is -2.25. The molecule has 0 saturated heterocycles. The number of imidazole rings is 1. The van der Waals surface area contributed by atoms with Crippen LogP contribution in [0.1, 0.15) is 6.42 Å². The van der Waals surface area contributed by atoms with E-state index in [1.165, 1.54) is 10.3 Å². The smallest absolute Gasteiger partial charge is 0.220 e. The number of hydrogen-bond acceptors (Lipinski definition) is 3. The van der Waals surface area contributed by atoms with Crippen molar-refractivity contribution in [2.45, 2.75) is 6.42 Å². The maximum absolute atomic E-state index is 11.7. The van der Waals surface area contributed by atoms with Crippen LogP contribution in [-0.2, 0) is 11.2 Å². The molecule has 15 heavy (non-hydrogen) atoms. The topological polar surface area (TPSA) is 74.0 Å². The van der Waals surface area contributed by atoms with Gasteiger partial charge >= 0.3 is 0 Å². The molecular formula is C8H11N5OS. The van der Waals surface area contributed by atoms with Crippen LogP contribution in [0.3, 0.4) is 0 Å². The standard InChI is InChI=1S/C8H11N5OS/c9-8-3-1-2-5-13(8)11-15(14)12-6-4-10-7-12/h1-2,4,6-7,9,11H,3,5H2. The Morgan fingerprint density at radius 1 is 1.53 bits per heavy atom. The van der Waals surface area contributed by atoms with E-state index in [1.54, 1.807) is 17.4 Å². The summed E-state index contributed by atoms with van der Waals surface area (Å²) >= 11 is -1.42. The zero-order valence-corrected chi connectivity index (χ0v) is 8.78. The highest BCUT2D eigenvalue weighted by molar-refractivity contribution is 7.81. The molecule has 0 amide bonds. The molecule has 0 aromatic carbocycles. The van der Waals surface area contributed by atoms with E-state index in [9.17, 15) is 4.21 Å². The summed E-state index contributed by atoms with van der Waals surface area (Å²) in [4.78, 5) is 6.52. The van der Waals surface area contributed by atoms with E-state index >= 15 is 0 Å². The Balaban J connectivity index is 2.00. The number of amidine groups is 1. The fraction of sp³-hybridized carbons (Fsp3) is 0.250. The second kappa shape index (κ2) is 4.37. The van der Waals surface area contributed by atoms with Crippen LogP contribution < -0.4 is 4.83 Å². The highest BCUT2D eigenvalue weighted by Gasteiger charge is 2.13. The third-order valence-corrected chi connectivity index (χ3v) is 2.93. The summed E-state index contributed by atoms with van der Waals surface area (Å²) in [7, 11) is 0. The minimum atomic E-state index is -1.42. The Bertz CT molecular complexity index is 399. The normalized spacial score (nSPS) is 18.1. The maximum Gasteiger partial charge on any atom is 0.220 e. The van der Waals surface area contributed by atoms with Crippen molar-refractivity contribution in [3.8, 4) is 0 Å². The summed E-state index contributed by atoms with van der Waals surface area (Å²) in [5.74, 6) is 0.408. The predicted octanol–water partition coefficient (Wildman–Crippen LogP) is 0.0537. The second-order valence-electron chi connectivity index (χ2n) is 3.00. The predicted molar refractivity (Wildman–Crippen MR) is 57.1 cm³/mol. The monoisotopic (exact) mass is 225 g/mol. The summed E-state index contributed by atoms with van der Waals surface area (Å²) in [5, 5.41) is 9.17. The van der Waals surface area contributed by atoms with Crippen molar-refractivity contribution in [2.24, 2.45) is 0 Å². The van der Waals surface area contributed by atoms with Crippen molar-refractivity contribution in [3.05, 3.63) is 30.9 Å². The molecule has 1 aliphatic rings. The lowest BCUT2D eigenvalue weighted by atomic mass is 10.3. The van der Waals surface area contributed by atoms with Crippen LogP contribution in [-0.4, -0.2) is 30.6 Å². The molecule has 1 unspecified atom stereocenters. The number of nitrogens with one attached hydrogen (secondary N) is 2. The van der Waals surface area contributed by atoms with E-state index in [4.69, 9.17) is 5.41 Å². The molecule has 0 spiro atoms. The van der Waals surface area contributed by atoms with Gasteiger partial charge in [0, 0.05) is 18.8 Å². The van der Waals surface area contributed by atoms with E-state index in [-0.39, 0.29) is 0 Å². The Morgan fingerprint density at radius 3 is 3.07 bits per heavy atom. The van der Waals surface area contributed by atoms with Crippen molar-refractivity contribution in [1.82, 2.24) is 18.8 Å². The van der Waals surface area contributed by atoms with Crippen LogP contribution in [0.2, 0.25) is 0 Å². The van der Waals surface area contributed by atoms with E-state index in [0.717, 1.165) is 0 Å². The van der Waals surface area contributed by atoms with Crippen molar-refractivity contribution in [2.75, 3.05) is 6.54 Å². The number of hydrazine groups is 1.